The number of furan rings is 1. The number of anilines is 3. The molecule has 0 bridgehead atoms. The molecule has 0 saturated heterocycles. The van der Waals surface area contributed by atoms with Gasteiger partial charge < -0.3 is 13.9 Å². The van der Waals surface area contributed by atoms with Crippen molar-refractivity contribution in [1.82, 2.24) is 9.55 Å². The standard InChI is InChI=1S/C41H27N3O/c1-2-12-30(13-3-1)43(38-25-26-42-40-35-17-6-9-20-39(35)45-41(38)40)31-23-21-28(22-24-31)29-11-10-14-32(27-29)44-36-18-7-4-15-33(36)34-16-5-8-19-37(34)44/h1-27H. The molecular formula is C41H27N3O. The fraction of sp³-hybridized carbons (Fsp3) is 0. The van der Waals surface area contributed by atoms with Crippen LogP contribution in [0.5, 0.6) is 0 Å². The van der Waals surface area contributed by atoms with E-state index < -0.39 is 0 Å². The van der Waals surface area contributed by atoms with Crippen molar-refractivity contribution >= 4 is 60.9 Å². The van der Waals surface area contributed by atoms with E-state index in [1.165, 1.54) is 21.8 Å². The summed E-state index contributed by atoms with van der Waals surface area (Å²) < 4.78 is 8.77. The molecule has 0 aliphatic carbocycles. The summed E-state index contributed by atoms with van der Waals surface area (Å²) in [7, 11) is 0. The van der Waals surface area contributed by atoms with E-state index in [0.717, 1.165) is 55.9 Å². The lowest BCUT2D eigenvalue weighted by molar-refractivity contribution is 0.668. The molecule has 0 aliphatic rings. The van der Waals surface area contributed by atoms with E-state index in [-0.39, 0.29) is 0 Å². The molecule has 4 heteroatoms. The first-order valence-electron chi connectivity index (χ1n) is 15.1. The quantitative estimate of drug-likeness (QED) is 0.204. The molecule has 6 aromatic carbocycles. The Morgan fingerprint density at radius 3 is 1.91 bits per heavy atom. The molecule has 212 valence electrons. The zero-order chi connectivity index (χ0) is 29.7. The summed E-state index contributed by atoms with van der Waals surface area (Å²) >= 11 is 0. The zero-order valence-electron chi connectivity index (χ0n) is 24.3. The van der Waals surface area contributed by atoms with Gasteiger partial charge in [0.05, 0.1) is 16.7 Å². The zero-order valence-corrected chi connectivity index (χ0v) is 24.3. The molecule has 9 aromatic rings. The van der Waals surface area contributed by atoms with Gasteiger partial charge in [-0.05, 0) is 77.9 Å². The van der Waals surface area contributed by atoms with Crippen LogP contribution in [0.1, 0.15) is 0 Å². The van der Waals surface area contributed by atoms with Crippen molar-refractivity contribution in [2.75, 3.05) is 4.90 Å². The molecule has 3 heterocycles. The lowest BCUT2D eigenvalue weighted by atomic mass is 10.0. The van der Waals surface area contributed by atoms with Crippen LogP contribution in [-0.2, 0) is 0 Å². The molecule has 0 aliphatic heterocycles. The number of pyridine rings is 1. The minimum Gasteiger partial charge on any atom is -0.452 e. The molecule has 0 saturated carbocycles. The minimum absolute atomic E-state index is 0.769. The van der Waals surface area contributed by atoms with E-state index in [9.17, 15) is 0 Å². The Bertz CT molecular complexity index is 2440. The highest BCUT2D eigenvalue weighted by Crippen LogP contribution is 2.41. The third-order valence-corrected chi connectivity index (χ3v) is 8.64. The number of benzene rings is 6. The second kappa shape index (κ2) is 10.2. The van der Waals surface area contributed by atoms with Crippen molar-refractivity contribution in [3.8, 4) is 16.8 Å². The Morgan fingerprint density at radius 1 is 0.511 bits per heavy atom. The van der Waals surface area contributed by atoms with Crippen molar-refractivity contribution < 1.29 is 4.42 Å². The van der Waals surface area contributed by atoms with Gasteiger partial charge in [0.1, 0.15) is 11.1 Å². The summed E-state index contributed by atoms with van der Waals surface area (Å²) in [5, 5.41) is 3.54. The predicted octanol–water partition coefficient (Wildman–Crippen LogP) is 11.2. The van der Waals surface area contributed by atoms with Crippen LogP contribution in [0.25, 0.3) is 60.7 Å². The first-order chi connectivity index (χ1) is 22.3. The minimum atomic E-state index is 0.769. The third-order valence-electron chi connectivity index (χ3n) is 8.64. The SMILES string of the molecule is c1ccc(N(c2ccc(-c3cccc(-n4c5ccccc5c5ccccc54)c3)cc2)c2ccnc3c2oc2ccccc23)cc1. The molecule has 9 rings (SSSR count). The van der Waals surface area contributed by atoms with Crippen LogP contribution in [0.15, 0.2) is 168 Å². The van der Waals surface area contributed by atoms with Crippen LogP contribution >= 0.6 is 0 Å². The van der Waals surface area contributed by atoms with Crippen LogP contribution < -0.4 is 4.90 Å². The fourth-order valence-corrected chi connectivity index (χ4v) is 6.60. The van der Waals surface area contributed by atoms with E-state index in [4.69, 9.17) is 9.40 Å². The van der Waals surface area contributed by atoms with Gasteiger partial charge in [-0.3, -0.25) is 4.98 Å². The average molecular weight is 578 g/mol. The van der Waals surface area contributed by atoms with Gasteiger partial charge in [-0.25, -0.2) is 0 Å². The molecule has 0 radical (unpaired) electrons. The van der Waals surface area contributed by atoms with Gasteiger partial charge >= 0.3 is 0 Å². The second-order valence-corrected chi connectivity index (χ2v) is 11.2. The van der Waals surface area contributed by atoms with Crippen LogP contribution in [0.3, 0.4) is 0 Å². The van der Waals surface area contributed by atoms with Gasteiger partial charge in [-0.2, -0.15) is 0 Å². The van der Waals surface area contributed by atoms with Gasteiger partial charge in [-0.1, -0.05) is 91.0 Å². The molecule has 45 heavy (non-hydrogen) atoms. The van der Waals surface area contributed by atoms with Crippen LogP contribution in [0, 0.1) is 0 Å². The normalized spacial score (nSPS) is 11.6. The lowest BCUT2D eigenvalue weighted by Crippen LogP contribution is -2.10. The number of rotatable bonds is 5. The van der Waals surface area contributed by atoms with Gasteiger partial charge in [0.15, 0.2) is 5.58 Å². The van der Waals surface area contributed by atoms with Crippen LogP contribution in [0.2, 0.25) is 0 Å². The Kier molecular flexibility index (Phi) is 5.78. The van der Waals surface area contributed by atoms with Crippen LogP contribution in [0.4, 0.5) is 17.1 Å². The molecular weight excluding hydrogens is 550 g/mol. The monoisotopic (exact) mass is 577 g/mol. The Balaban J connectivity index is 1.15. The van der Waals surface area contributed by atoms with Crippen molar-refractivity contribution in [3.63, 3.8) is 0 Å². The fourth-order valence-electron chi connectivity index (χ4n) is 6.60. The summed E-state index contributed by atoms with van der Waals surface area (Å²) in [6, 6.07) is 55.4. The lowest BCUT2D eigenvalue weighted by Gasteiger charge is -2.25. The summed E-state index contributed by atoms with van der Waals surface area (Å²) in [6.07, 6.45) is 1.87. The first kappa shape index (κ1) is 25.4. The Hall–Kier alpha value is -6.13. The van der Waals surface area contributed by atoms with Gasteiger partial charge in [-0.15, -0.1) is 0 Å². The molecule has 0 unspecified atom stereocenters. The number of hydrogen-bond donors (Lipinski definition) is 0. The largest absolute Gasteiger partial charge is 0.452 e. The molecule has 3 aromatic heterocycles. The molecule has 0 atom stereocenters. The Labute approximate surface area is 260 Å². The number of fused-ring (bicyclic) bond motifs is 6. The van der Waals surface area contributed by atoms with E-state index in [1.54, 1.807) is 0 Å². The number of aromatic nitrogens is 2. The molecule has 4 nitrogen and oxygen atoms in total. The molecule has 0 N–H and O–H groups in total. The molecule has 0 amide bonds. The molecule has 0 spiro atoms. The van der Waals surface area contributed by atoms with E-state index in [1.807, 2.05) is 36.5 Å². The summed E-state index contributed by atoms with van der Waals surface area (Å²) in [4.78, 5) is 6.94. The number of para-hydroxylation sites is 4. The van der Waals surface area contributed by atoms with Crippen LogP contribution in [-0.4, -0.2) is 9.55 Å². The third kappa shape index (κ3) is 4.11. The van der Waals surface area contributed by atoms with E-state index in [2.05, 4.69) is 137 Å². The van der Waals surface area contributed by atoms with Crippen molar-refractivity contribution in [2.24, 2.45) is 0 Å². The van der Waals surface area contributed by atoms with Crippen molar-refractivity contribution in [3.05, 3.63) is 164 Å². The topological polar surface area (TPSA) is 34.2 Å². The average Bonchev–Trinajstić information content (AvgIpc) is 3.66. The number of nitrogens with zero attached hydrogens (tertiary/aromatic N) is 3. The summed E-state index contributed by atoms with van der Waals surface area (Å²) in [6.45, 7) is 0. The highest BCUT2D eigenvalue weighted by molar-refractivity contribution is 6.09. The highest BCUT2D eigenvalue weighted by atomic mass is 16.3. The first-order valence-corrected chi connectivity index (χ1v) is 15.1. The number of hydrogen-bond acceptors (Lipinski definition) is 3. The van der Waals surface area contributed by atoms with Gasteiger partial charge in [0.2, 0.25) is 0 Å². The van der Waals surface area contributed by atoms with E-state index >= 15 is 0 Å². The summed E-state index contributed by atoms with van der Waals surface area (Å²) in [5.41, 5.74) is 11.4. The maximum absolute atomic E-state index is 6.40. The van der Waals surface area contributed by atoms with Gasteiger partial charge in [0.25, 0.3) is 0 Å². The van der Waals surface area contributed by atoms with Crippen molar-refractivity contribution in [1.29, 1.82) is 0 Å². The van der Waals surface area contributed by atoms with Crippen molar-refractivity contribution in [2.45, 2.75) is 0 Å². The Morgan fingerprint density at radius 2 is 1.16 bits per heavy atom. The maximum Gasteiger partial charge on any atom is 0.177 e. The smallest absolute Gasteiger partial charge is 0.177 e. The second-order valence-electron chi connectivity index (χ2n) is 11.2. The predicted molar refractivity (Wildman–Crippen MR) is 186 cm³/mol. The van der Waals surface area contributed by atoms with Gasteiger partial charge in [0, 0.05) is 39.4 Å². The van der Waals surface area contributed by atoms with E-state index in [0.29, 0.717) is 0 Å². The maximum atomic E-state index is 6.40. The highest BCUT2D eigenvalue weighted by Gasteiger charge is 2.20. The molecule has 0 fully saturated rings. The summed E-state index contributed by atoms with van der Waals surface area (Å²) in [5.74, 6) is 0.